The largest absolute Gasteiger partial charge is 0.494 e. The van der Waals surface area contributed by atoms with Gasteiger partial charge in [-0.1, -0.05) is 12.6 Å². The van der Waals surface area contributed by atoms with Gasteiger partial charge in [0.05, 0.1) is 12.8 Å². The number of halogens is 4. The average molecular weight is 636 g/mol. The van der Waals surface area contributed by atoms with E-state index in [9.17, 15) is 22.8 Å². The van der Waals surface area contributed by atoms with E-state index in [0.717, 1.165) is 11.8 Å². The zero-order valence-corrected chi connectivity index (χ0v) is 24.0. The number of alkyl halides is 3. The van der Waals surface area contributed by atoms with E-state index >= 15 is 0 Å². The van der Waals surface area contributed by atoms with Gasteiger partial charge < -0.3 is 30.5 Å². The first kappa shape index (κ1) is 31.2. The fourth-order valence-corrected chi connectivity index (χ4v) is 4.13. The summed E-state index contributed by atoms with van der Waals surface area (Å²) < 4.78 is 46.8. The second kappa shape index (κ2) is 13.4. The van der Waals surface area contributed by atoms with Gasteiger partial charge in [0.1, 0.15) is 17.1 Å². The quantitative estimate of drug-likeness (QED) is 0.284. The van der Waals surface area contributed by atoms with Gasteiger partial charge in [0.15, 0.2) is 0 Å². The van der Waals surface area contributed by atoms with Crippen LogP contribution in [0.4, 0.5) is 47.7 Å². The lowest BCUT2D eigenvalue weighted by molar-refractivity contribution is -0.137. The van der Waals surface area contributed by atoms with Crippen LogP contribution in [0.1, 0.15) is 12.5 Å². The number of carbonyl (C=O) groups is 2. The molecule has 2 heterocycles. The minimum absolute atomic E-state index is 0. The highest BCUT2D eigenvalue weighted by Crippen LogP contribution is 2.37. The zero-order chi connectivity index (χ0) is 28.9. The van der Waals surface area contributed by atoms with Crippen molar-refractivity contribution >= 4 is 63.3 Å². The van der Waals surface area contributed by atoms with E-state index in [4.69, 9.17) is 4.74 Å². The van der Waals surface area contributed by atoms with Gasteiger partial charge >= 0.3 is 6.18 Å². The first-order valence-corrected chi connectivity index (χ1v) is 12.3. The molecule has 0 radical (unpaired) electrons. The molecule has 14 heteroatoms. The molecule has 0 spiro atoms. The first-order valence-electron chi connectivity index (χ1n) is 12.3. The number of ether oxygens (including phenoxy) is 1. The predicted octanol–water partition coefficient (Wildman–Crippen LogP) is 5.36. The molecule has 0 unspecified atom stereocenters. The van der Waals surface area contributed by atoms with Crippen LogP contribution in [0.25, 0.3) is 0 Å². The highest BCUT2D eigenvalue weighted by Gasteiger charge is 2.35. The van der Waals surface area contributed by atoms with Crippen LogP contribution in [-0.2, 0) is 15.8 Å². The second-order valence-electron chi connectivity index (χ2n) is 8.86. The predicted molar refractivity (Wildman–Crippen MR) is 157 cm³/mol. The Balaban J connectivity index is 0.00000462. The maximum absolute atomic E-state index is 13.8. The molecule has 1 aliphatic rings. The first-order chi connectivity index (χ1) is 19.1. The second-order valence-corrected chi connectivity index (χ2v) is 8.86. The van der Waals surface area contributed by atoms with Crippen molar-refractivity contribution in [2.75, 3.05) is 54.1 Å². The van der Waals surface area contributed by atoms with Crippen LogP contribution in [-0.4, -0.2) is 60.0 Å². The number of anilines is 6. The molecular formula is C27H29BrF3N7O3. The summed E-state index contributed by atoms with van der Waals surface area (Å²) >= 11 is 0. The monoisotopic (exact) mass is 635 g/mol. The molecule has 1 fully saturated rings. The molecule has 4 rings (SSSR count). The lowest BCUT2D eigenvalue weighted by Crippen LogP contribution is -2.48. The summed E-state index contributed by atoms with van der Waals surface area (Å²) in [5, 5.41) is 8.16. The van der Waals surface area contributed by atoms with E-state index in [1.165, 1.54) is 19.2 Å². The Labute approximate surface area is 245 Å². The molecular weight excluding hydrogens is 607 g/mol. The number of benzene rings is 2. The van der Waals surface area contributed by atoms with Crippen molar-refractivity contribution in [3.8, 4) is 5.75 Å². The third-order valence-electron chi connectivity index (χ3n) is 6.19. The van der Waals surface area contributed by atoms with Gasteiger partial charge in [0.25, 0.3) is 0 Å². The van der Waals surface area contributed by atoms with Crippen LogP contribution in [0.5, 0.6) is 5.75 Å². The summed E-state index contributed by atoms with van der Waals surface area (Å²) in [5.74, 6) is -0.548. The molecule has 0 aliphatic carbocycles. The minimum Gasteiger partial charge on any atom is -0.494 e. The Hall–Kier alpha value is -4.33. The van der Waals surface area contributed by atoms with Crippen LogP contribution in [0.3, 0.4) is 0 Å². The molecule has 1 saturated heterocycles. The maximum Gasteiger partial charge on any atom is 0.421 e. The summed E-state index contributed by atoms with van der Waals surface area (Å²) in [7, 11) is 1.48. The third-order valence-corrected chi connectivity index (χ3v) is 6.19. The Morgan fingerprint density at radius 1 is 1.05 bits per heavy atom. The molecule has 41 heavy (non-hydrogen) atoms. The van der Waals surface area contributed by atoms with E-state index in [2.05, 4.69) is 37.4 Å². The summed E-state index contributed by atoms with van der Waals surface area (Å²) in [6, 6.07) is 11.5. The van der Waals surface area contributed by atoms with E-state index in [1.54, 1.807) is 36.1 Å². The zero-order valence-electron chi connectivity index (χ0n) is 22.3. The lowest BCUT2D eigenvalue weighted by atomic mass is 10.2. The number of amides is 2. The normalized spacial score (nSPS) is 13.1. The number of nitrogens with one attached hydrogen (secondary N) is 3. The average Bonchev–Trinajstić information content (AvgIpc) is 2.93. The summed E-state index contributed by atoms with van der Waals surface area (Å²) in [4.78, 5) is 35.1. The van der Waals surface area contributed by atoms with E-state index in [-0.39, 0.29) is 34.5 Å². The number of hydrogen-bond acceptors (Lipinski definition) is 8. The molecule has 0 atom stereocenters. The lowest BCUT2D eigenvalue weighted by Gasteiger charge is -2.35. The molecule has 3 N–H and O–H groups in total. The van der Waals surface area contributed by atoms with Gasteiger partial charge in [-0.05, 0) is 36.4 Å². The van der Waals surface area contributed by atoms with Crippen molar-refractivity contribution in [1.29, 1.82) is 0 Å². The molecule has 0 bridgehead atoms. The SMILES string of the molecule is Br.C=CC(=O)Nc1cccc(Nc2nc(Nc3ccc(N4CCN(C(C)=O)CC4)cc3OC)ncc2C(F)(F)F)c1. The Kier molecular flexibility index (Phi) is 10.2. The van der Waals surface area contributed by atoms with Crippen LogP contribution in [0, 0.1) is 0 Å². The van der Waals surface area contributed by atoms with Gasteiger partial charge in [-0.3, -0.25) is 9.59 Å². The van der Waals surface area contributed by atoms with Crippen LogP contribution in [0.15, 0.2) is 61.3 Å². The molecule has 2 amide bonds. The summed E-state index contributed by atoms with van der Waals surface area (Å²) in [5.41, 5.74) is 0.899. The number of aromatic nitrogens is 2. The highest BCUT2D eigenvalue weighted by atomic mass is 79.9. The molecule has 2 aromatic carbocycles. The third kappa shape index (κ3) is 7.87. The smallest absolute Gasteiger partial charge is 0.421 e. The van der Waals surface area contributed by atoms with Crippen molar-refractivity contribution in [2.24, 2.45) is 0 Å². The topological polar surface area (TPSA) is 112 Å². The van der Waals surface area contributed by atoms with Gasteiger partial charge in [0.2, 0.25) is 17.8 Å². The van der Waals surface area contributed by atoms with Gasteiger partial charge in [0, 0.05) is 62.4 Å². The van der Waals surface area contributed by atoms with Crippen LogP contribution in [0.2, 0.25) is 0 Å². The van der Waals surface area contributed by atoms with Crippen LogP contribution < -0.4 is 25.6 Å². The minimum atomic E-state index is -4.72. The Morgan fingerprint density at radius 2 is 1.76 bits per heavy atom. The fourth-order valence-electron chi connectivity index (χ4n) is 4.13. The van der Waals surface area contributed by atoms with E-state index < -0.39 is 23.5 Å². The fraction of sp³-hybridized carbons (Fsp3) is 0.259. The molecule has 1 aromatic heterocycles. The number of methoxy groups -OCH3 is 1. The van der Waals surface area contributed by atoms with E-state index in [1.807, 2.05) is 6.07 Å². The van der Waals surface area contributed by atoms with Crippen molar-refractivity contribution < 1.29 is 27.5 Å². The van der Waals surface area contributed by atoms with E-state index in [0.29, 0.717) is 49.5 Å². The number of carbonyl (C=O) groups excluding carboxylic acids is 2. The van der Waals surface area contributed by atoms with Crippen LogP contribution >= 0.6 is 17.0 Å². The number of nitrogens with zero attached hydrogens (tertiary/aromatic N) is 4. The van der Waals surface area contributed by atoms with Crippen molar-refractivity contribution in [3.63, 3.8) is 0 Å². The standard InChI is InChI=1S/C27H28F3N7O3.BrH/c1-4-24(39)32-18-6-5-7-19(14-18)33-25-21(27(28,29)30)16-31-26(35-25)34-22-9-8-20(15-23(22)40-3)37-12-10-36(11-13-37)17(2)38;/h4-9,14-16H,1,10-13H2,2-3H3,(H,32,39)(H2,31,33,34,35);1H. The molecule has 10 nitrogen and oxygen atoms in total. The number of hydrogen-bond donors (Lipinski definition) is 3. The van der Waals surface area contributed by atoms with Crippen molar-refractivity contribution in [1.82, 2.24) is 14.9 Å². The van der Waals surface area contributed by atoms with Gasteiger partial charge in [-0.15, -0.1) is 17.0 Å². The molecule has 0 saturated carbocycles. The number of rotatable bonds is 8. The molecule has 1 aliphatic heterocycles. The Bertz CT molecular complexity index is 1410. The molecule has 3 aromatic rings. The van der Waals surface area contributed by atoms with Crippen molar-refractivity contribution in [2.45, 2.75) is 13.1 Å². The maximum atomic E-state index is 13.8. The van der Waals surface area contributed by atoms with Gasteiger partial charge in [-0.2, -0.15) is 18.2 Å². The summed E-state index contributed by atoms with van der Waals surface area (Å²) in [6.45, 7) is 7.45. The molecule has 218 valence electrons. The summed E-state index contributed by atoms with van der Waals surface area (Å²) in [6.07, 6.45) is -2.95. The number of piperazine rings is 1. The van der Waals surface area contributed by atoms with Crippen molar-refractivity contribution in [3.05, 3.63) is 66.9 Å². The van der Waals surface area contributed by atoms with Gasteiger partial charge in [-0.25, -0.2) is 4.98 Å². The highest BCUT2D eigenvalue weighted by molar-refractivity contribution is 8.93. The Morgan fingerprint density at radius 3 is 2.39 bits per heavy atom.